The van der Waals surface area contributed by atoms with Crippen molar-refractivity contribution in [3.63, 3.8) is 0 Å². The van der Waals surface area contributed by atoms with Crippen molar-refractivity contribution in [1.82, 2.24) is 0 Å². The maximum absolute atomic E-state index is 12.6. The van der Waals surface area contributed by atoms with Gasteiger partial charge in [0.15, 0.2) is 0 Å². The van der Waals surface area contributed by atoms with Crippen LogP contribution in [0.5, 0.6) is 0 Å². The van der Waals surface area contributed by atoms with Gasteiger partial charge in [-0.2, -0.15) is 0 Å². The Labute approximate surface area is 165 Å². The minimum atomic E-state index is -2.79. The summed E-state index contributed by atoms with van der Waals surface area (Å²) in [6.07, 6.45) is 10.5. The molecule has 146 valence electrons. The SMILES string of the molecule is CCC[CH2][Sn]([CH2]CCC)([CH2]CCC)/[C](=C/c1ccc(CC)cc1)C(N)=O. The van der Waals surface area contributed by atoms with Gasteiger partial charge in [-0.05, 0) is 0 Å². The van der Waals surface area contributed by atoms with E-state index in [1.54, 1.807) is 0 Å². The molecule has 1 amide bonds. The summed E-state index contributed by atoms with van der Waals surface area (Å²) < 4.78 is 4.87. The molecule has 0 atom stereocenters. The van der Waals surface area contributed by atoms with Crippen molar-refractivity contribution in [2.45, 2.75) is 86.0 Å². The number of hydrogen-bond donors (Lipinski definition) is 1. The summed E-state index contributed by atoms with van der Waals surface area (Å²) in [4.78, 5) is 12.6. The van der Waals surface area contributed by atoms with Crippen molar-refractivity contribution < 1.29 is 4.79 Å². The van der Waals surface area contributed by atoms with Crippen molar-refractivity contribution >= 4 is 30.4 Å². The van der Waals surface area contributed by atoms with Crippen LogP contribution in [0.3, 0.4) is 0 Å². The third-order valence-corrected chi connectivity index (χ3v) is 21.2. The molecule has 2 N–H and O–H groups in total. The first-order valence-corrected chi connectivity index (χ1v) is 18.1. The van der Waals surface area contributed by atoms with Crippen molar-refractivity contribution in [2.24, 2.45) is 5.73 Å². The molecule has 1 aromatic rings. The van der Waals surface area contributed by atoms with E-state index in [1.165, 1.54) is 57.4 Å². The van der Waals surface area contributed by atoms with E-state index in [9.17, 15) is 4.79 Å². The molecule has 0 spiro atoms. The Morgan fingerprint density at radius 2 is 1.35 bits per heavy atom. The normalized spacial score (nSPS) is 12.4. The number of primary amides is 1. The van der Waals surface area contributed by atoms with Crippen molar-refractivity contribution in [3.05, 3.63) is 39.0 Å². The molecule has 2 nitrogen and oxygen atoms in total. The van der Waals surface area contributed by atoms with Gasteiger partial charge in [0.25, 0.3) is 0 Å². The van der Waals surface area contributed by atoms with E-state index in [0.29, 0.717) is 0 Å². The Morgan fingerprint density at radius 3 is 1.69 bits per heavy atom. The van der Waals surface area contributed by atoms with Crippen LogP contribution < -0.4 is 5.73 Å². The summed E-state index contributed by atoms with van der Waals surface area (Å²) in [5, 5.41) is 0. The van der Waals surface area contributed by atoms with E-state index in [-0.39, 0.29) is 5.91 Å². The Balaban J connectivity index is 3.33. The number of carbonyl (C=O) groups excluding carboxylic acids is 1. The molecule has 0 saturated carbocycles. The number of hydrogen-bond acceptors (Lipinski definition) is 1. The molecule has 0 fully saturated rings. The molecule has 0 aliphatic rings. The van der Waals surface area contributed by atoms with Crippen molar-refractivity contribution in [2.75, 3.05) is 0 Å². The molecule has 0 radical (unpaired) electrons. The molecule has 3 heteroatoms. The number of amides is 1. The molecule has 0 unspecified atom stereocenters. The van der Waals surface area contributed by atoms with Crippen LogP contribution in [-0.4, -0.2) is 24.3 Å². The number of benzene rings is 1. The van der Waals surface area contributed by atoms with Crippen LogP contribution >= 0.6 is 0 Å². The standard InChI is InChI=1S/C11H12NO.3C4H9.Sn/c1-2-9-3-5-10(6-4-9)7-8-11(12)13;3*1-3-4-2;/h3-7H,2H2,1H3,(H2,12,13);3*1,3-4H2,2H3;. The average Bonchev–Trinajstić information content (AvgIpc) is 2.66. The first-order valence-electron chi connectivity index (χ1n) is 10.6. The predicted octanol–water partition coefficient (Wildman–Crippen LogP) is 6.51. The van der Waals surface area contributed by atoms with Crippen molar-refractivity contribution in [3.8, 4) is 0 Å². The summed E-state index contributed by atoms with van der Waals surface area (Å²) in [6.45, 7) is 8.94. The van der Waals surface area contributed by atoms with Crippen LogP contribution in [0, 0.1) is 0 Å². The van der Waals surface area contributed by atoms with Gasteiger partial charge in [-0.1, -0.05) is 0 Å². The van der Waals surface area contributed by atoms with Gasteiger partial charge in [0.05, 0.1) is 0 Å². The zero-order chi connectivity index (χ0) is 19.4. The van der Waals surface area contributed by atoms with E-state index in [0.717, 1.165) is 15.6 Å². The third kappa shape index (κ3) is 7.09. The summed E-state index contributed by atoms with van der Waals surface area (Å²) >= 11 is -2.79. The Hall–Kier alpha value is -0.771. The van der Waals surface area contributed by atoms with E-state index in [2.05, 4.69) is 58.0 Å². The topological polar surface area (TPSA) is 43.1 Å². The molecule has 0 aliphatic carbocycles. The van der Waals surface area contributed by atoms with Gasteiger partial charge in [0.1, 0.15) is 0 Å². The molecule has 1 rings (SSSR count). The second-order valence-electron chi connectivity index (χ2n) is 7.61. The molecular weight excluding hydrogens is 425 g/mol. The van der Waals surface area contributed by atoms with E-state index in [1.807, 2.05) is 0 Å². The number of nitrogens with two attached hydrogens (primary N) is 1. The first kappa shape index (κ1) is 23.3. The van der Waals surface area contributed by atoms with Crippen molar-refractivity contribution in [1.29, 1.82) is 0 Å². The number of rotatable bonds is 13. The summed E-state index contributed by atoms with van der Waals surface area (Å²) in [5.41, 5.74) is 8.46. The quantitative estimate of drug-likeness (QED) is 0.263. The Kier molecular flexibility index (Phi) is 11.3. The zero-order valence-corrected chi connectivity index (χ0v) is 20.3. The van der Waals surface area contributed by atoms with E-state index in [4.69, 9.17) is 5.73 Å². The molecule has 0 heterocycles. The monoisotopic (exact) mass is 465 g/mol. The fourth-order valence-electron chi connectivity index (χ4n) is 3.83. The average molecular weight is 464 g/mol. The summed E-state index contributed by atoms with van der Waals surface area (Å²) in [5.74, 6) is -0.149. The fourth-order valence-corrected chi connectivity index (χ4v) is 19.9. The number of carbonyl (C=O) groups is 1. The molecular formula is C23H39NOSn. The molecule has 0 aromatic heterocycles. The summed E-state index contributed by atoms with van der Waals surface area (Å²) in [7, 11) is 0. The van der Waals surface area contributed by atoms with Gasteiger partial charge in [0.2, 0.25) is 0 Å². The Bertz CT molecular complexity index is 540. The van der Waals surface area contributed by atoms with Gasteiger partial charge in [-0.3, -0.25) is 0 Å². The van der Waals surface area contributed by atoms with E-state index < -0.39 is 18.4 Å². The minimum absolute atomic E-state index is 0.149. The fraction of sp³-hybridized carbons (Fsp3) is 0.609. The van der Waals surface area contributed by atoms with Crippen LogP contribution in [0.15, 0.2) is 27.9 Å². The second-order valence-corrected chi connectivity index (χ2v) is 20.7. The van der Waals surface area contributed by atoms with Crippen LogP contribution in [0.1, 0.15) is 77.3 Å². The van der Waals surface area contributed by atoms with Crippen LogP contribution in [0.25, 0.3) is 6.08 Å². The zero-order valence-electron chi connectivity index (χ0n) is 17.4. The Morgan fingerprint density at radius 1 is 0.885 bits per heavy atom. The molecule has 26 heavy (non-hydrogen) atoms. The van der Waals surface area contributed by atoms with Gasteiger partial charge < -0.3 is 0 Å². The van der Waals surface area contributed by atoms with Gasteiger partial charge in [-0.15, -0.1) is 0 Å². The third-order valence-electron chi connectivity index (χ3n) is 5.56. The molecule has 0 saturated heterocycles. The van der Waals surface area contributed by atoms with E-state index >= 15 is 0 Å². The van der Waals surface area contributed by atoms with Crippen LogP contribution in [-0.2, 0) is 11.2 Å². The number of unbranched alkanes of at least 4 members (excludes halogenated alkanes) is 3. The maximum atomic E-state index is 12.6. The molecule has 0 bridgehead atoms. The van der Waals surface area contributed by atoms with Crippen LogP contribution in [0.2, 0.25) is 13.3 Å². The summed E-state index contributed by atoms with van der Waals surface area (Å²) in [6, 6.07) is 8.65. The second kappa shape index (κ2) is 12.6. The molecule has 1 aromatic carbocycles. The number of aryl methyl sites for hydroxylation is 1. The van der Waals surface area contributed by atoms with Gasteiger partial charge >= 0.3 is 166 Å². The van der Waals surface area contributed by atoms with Crippen LogP contribution in [0.4, 0.5) is 0 Å². The van der Waals surface area contributed by atoms with Gasteiger partial charge in [0, 0.05) is 0 Å². The first-order chi connectivity index (χ1) is 12.5. The van der Waals surface area contributed by atoms with Gasteiger partial charge in [-0.25, -0.2) is 0 Å². The molecule has 0 aliphatic heterocycles. The predicted molar refractivity (Wildman–Crippen MR) is 118 cm³/mol.